The lowest BCUT2D eigenvalue weighted by molar-refractivity contribution is -0.122. The van der Waals surface area contributed by atoms with Gasteiger partial charge in [0, 0.05) is 8.59 Å². The van der Waals surface area contributed by atoms with Crippen LogP contribution in [-0.4, -0.2) is 12.0 Å². The Kier molecular flexibility index (Phi) is 5.72. The first-order chi connectivity index (χ1) is 9.97. The summed E-state index contributed by atoms with van der Waals surface area (Å²) < 4.78 is 6.53. The number of hydrogen-bond acceptors (Lipinski definition) is 2. The number of amides is 1. The Balaban J connectivity index is 2.04. The van der Waals surface area contributed by atoms with Crippen molar-refractivity contribution in [3.05, 3.63) is 56.1 Å². The van der Waals surface area contributed by atoms with Crippen molar-refractivity contribution in [3.8, 4) is 5.75 Å². The second-order valence-corrected chi connectivity index (χ2v) is 6.31. The highest BCUT2D eigenvalue weighted by molar-refractivity contribution is 14.1. The van der Waals surface area contributed by atoms with E-state index in [-0.39, 0.29) is 5.91 Å². The lowest BCUT2D eigenvalue weighted by atomic mass is 10.3. The van der Waals surface area contributed by atoms with Crippen molar-refractivity contribution in [1.82, 2.24) is 0 Å². The minimum absolute atomic E-state index is 0.245. The van der Waals surface area contributed by atoms with E-state index in [1.807, 2.05) is 24.3 Å². The normalized spacial score (nSPS) is 11.8. The van der Waals surface area contributed by atoms with Crippen LogP contribution in [0.15, 0.2) is 42.5 Å². The van der Waals surface area contributed by atoms with Gasteiger partial charge in [0.25, 0.3) is 5.91 Å². The van der Waals surface area contributed by atoms with Crippen LogP contribution in [0.1, 0.15) is 6.92 Å². The highest BCUT2D eigenvalue weighted by Crippen LogP contribution is 2.28. The average Bonchev–Trinajstić information content (AvgIpc) is 2.44. The number of halogens is 3. The van der Waals surface area contributed by atoms with E-state index in [4.69, 9.17) is 27.9 Å². The predicted molar refractivity (Wildman–Crippen MR) is 94.3 cm³/mol. The number of hydrogen-bond donors (Lipinski definition) is 1. The molecule has 2 rings (SSSR count). The van der Waals surface area contributed by atoms with Crippen LogP contribution in [0.4, 0.5) is 5.69 Å². The molecule has 1 amide bonds. The molecule has 0 aliphatic rings. The molecule has 0 saturated carbocycles. The lowest BCUT2D eigenvalue weighted by Gasteiger charge is -2.16. The van der Waals surface area contributed by atoms with Gasteiger partial charge in [-0.1, -0.05) is 35.3 Å². The number of benzene rings is 2. The Hall–Kier alpha value is -0.980. The fraction of sp³-hybridized carbons (Fsp3) is 0.133. The molecule has 0 aromatic heterocycles. The highest BCUT2D eigenvalue weighted by atomic mass is 127. The maximum Gasteiger partial charge on any atom is 0.265 e. The van der Waals surface area contributed by atoms with Gasteiger partial charge in [0.2, 0.25) is 0 Å². The summed E-state index contributed by atoms with van der Waals surface area (Å²) in [6.45, 7) is 1.66. The first-order valence-corrected chi connectivity index (χ1v) is 7.98. The van der Waals surface area contributed by atoms with Crippen molar-refractivity contribution >= 4 is 57.4 Å². The third-order valence-electron chi connectivity index (χ3n) is 2.70. The van der Waals surface area contributed by atoms with E-state index in [0.29, 0.717) is 15.8 Å². The Labute approximate surface area is 146 Å². The number of para-hydroxylation sites is 1. The van der Waals surface area contributed by atoms with Crippen molar-refractivity contribution in [2.45, 2.75) is 13.0 Å². The quantitative estimate of drug-likeness (QED) is 0.686. The average molecular weight is 436 g/mol. The predicted octanol–water partition coefficient (Wildman–Crippen LogP) is 5.00. The smallest absolute Gasteiger partial charge is 0.265 e. The van der Waals surface area contributed by atoms with Crippen LogP contribution >= 0.6 is 45.8 Å². The van der Waals surface area contributed by atoms with Crippen molar-refractivity contribution in [2.24, 2.45) is 0 Å². The third kappa shape index (κ3) is 4.49. The van der Waals surface area contributed by atoms with Gasteiger partial charge >= 0.3 is 0 Å². The highest BCUT2D eigenvalue weighted by Gasteiger charge is 2.17. The fourth-order valence-corrected chi connectivity index (χ4v) is 2.59. The fourth-order valence-electron chi connectivity index (χ4n) is 1.61. The van der Waals surface area contributed by atoms with E-state index >= 15 is 0 Å². The van der Waals surface area contributed by atoms with E-state index in [1.165, 1.54) is 0 Å². The van der Waals surface area contributed by atoms with E-state index in [1.54, 1.807) is 25.1 Å². The summed E-state index contributed by atoms with van der Waals surface area (Å²) in [5.41, 5.74) is 0.751. The molecule has 2 aromatic rings. The molecule has 1 atom stereocenters. The SMILES string of the molecule is C[C@@H](Oc1ccc(Cl)cc1Cl)C(=O)Nc1ccccc1I. The molecule has 0 bridgehead atoms. The van der Waals surface area contributed by atoms with E-state index in [9.17, 15) is 4.79 Å². The van der Waals surface area contributed by atoms with E-state index in [0.717, 1.165) is 9.26 Å². The molecule has 0 aliphatic carbocycles. The van der Waals surface area contributed by atoms with Crippen LogP contribution in [0.3, 0.4) is 0 Å². The summed E-state index contributed by atoms with van der Waals surface area (Å²) in [5, 5.41) is 3.71. The van der Waals surface area contributed by atoms with Gasteiger partial charge in [-0.2, -0.15) is 0 Å². The molecular weight excluding hydrogens is 424 g/mol. The second kappa shape index (κ2) is 7.33. The van der Waals surface area contributed by atoms with Gasteiger partial charge in [0.15, 0.2) is 6.10 Å². The molecule has 6 heteroatoms. The number of carbonyl (C=O) groups excluding carboxylic acids is 1. The topological polar surface area (TPSA) is 38.3 Å². The molecule has 0 saturated heterocycles. The van der Waals surface area contributed by atoms with Gasteiger partial charge in [0.1, 0.15) is 5.75 Å². The number of nitrogens with one attached hydrogen (secondary N) is 1. The zero-order valence-corrected chi connectivity index (χ0v) is 14.7. The molecular formula is C15H12Cl2INO2. The Morgan fingerprint density at radius 2 is 1.95 bits per heavy atom. The van der Waals surface area contributed by atoms with E-state index in [2.05, 4.69) is 27.9 Å². The van der Waals surface area contributed by atoms with Crippen LogP contribution in [0.5, 0.6) is 5.75 Å². The minimum atomic E-state index is -0.681. The monoisotopic (exact) mass is 435 g/mol. The first kappa shape index (κ1) is 16.4. The van der Waals surface area contributed by atoms with Crippen LogP contribution in [0, 0.1) is 3.57 Å². The molecule has 0 heterocycles. The summed E-state index contributed by atoms with van der Waals surface area (Å²) >= 11 is 14.0. The molecule has 0 fully saturated rings. The van der Waals surface area contributed by atoms with Gasteiger partial charge in [-0.25, -0.2) is 0 Å². The van der Waals surface area contributed by atoms with Gasteiger partial charge in [-0.3, -0.25) is 4.79 Å². The first-order valence-electron chi connectivity index (χ1n) is 6.14. The van der Waals surface area contributed by atoms with Gasteiger partial charge < -0.3 is 10.1 Å². The zero-order valence-electron chi connectivity index (χ0n) is 11.1. The molecule has 3 nitrogen and oxygen atoms in total. The maximum atomic E-state index is 12.1. The summed E-state index contributed by atoms with van der Waals surface area (Å²) in [6.07, 6.45) is -0.681. The van der Waals surface area contributed by atoms with Crippen LogP contribution in [-0.2, 0) is 4.79 Å². The largest absolute Gasteiger partial charge is 0.479 e. The van der Waals surface area contributed by atoms with Gasteiger partial charge in [-0.05, 0) is 59.8 Å². The van der Waals surface area contributed by atoms with Crippen LogP contribution in [0.25, 0.3) is 0 Å². The van der Waals surface area contributed by atoms with Crippen molar-refractivity contribution in [1.29, 1.82) is 0 Å². The number of rotatable bonds is 4. The maximum absolute atomic E-state index is 12.1. The molecule has 2 aromatic carbocycles. The molecule has 0 unspecified atom stereocenters. The minimum Gasteiger partial charge on any atom is -0.479 e. The standard InChI is InChI=1S/C15H12Cl2INO2/c1-9(21-14-7-6-10(16)8-11(14)17)15(20)19-13-5-3-2-4-12(13)18/h2-9H,1H3,(H,19,20)/t9-/m1/s1. The second-order valence-electron chi connectivity index (χ2n) is 4.30. The Morgan fingerprint density at radius 1 is 1.24 bits per heavy atom. The molecule has 0 aliphatic heterocycles. The molecule has 0 radical (unpaired) electrons. The van der Waals surface area contributed by atoms with Crippen LogP contribution in [0.2, 0.25) is 10.0 Å². The summed E-state index contributed by atoms with van der Waals surface area (Å²) in [4.78, 5) is 12.1. The van der Waals surface area contributed by atoms with E-state index < -0.39 is 6.10 Å². The molecule has 21 heavy (non-hydrogen) atoms. The summed E-state index contributed by atoms with van der Waals surface area (Å²) in [5.74, 6) is 0.177. The van der Waals surface area contributed by atoms with Crippen molar-refractivity contribution < 1.29 is 9.53 Å². The summed E-state index contributed by atoms with van der Waals surface area (Å²) in [7, 11) is 0. The molecule has 110 valence electrons. The zero-order chi connectivity index (χ0) is 15.4. The van der Waals surface area contributed by atoms with Crippen molar-refractivity contribution in [3.63, 3.8) is 0 Å². The Morgan fingerprint density at radius 3 is 2.62 bits per heavy atom. The molecule has 1 N–H and O–H groups in total. The van der Waals surface area contributed by atoms with Gasteiger partial charge in [0.05, 0.1) is 10.7 Å². The lowest BCUT2D eigenvalue weighted by Crippen LogP contribution is -2.30. The van der Waals surface area contributed by atoms with Crippen molar-refractivity contribution in [2.75, 3.05) is 5.32 Å². The molecule has 0 spiro atoms. The number of anilines is 1. The summed E-state index contributed by atoms with van der Waals surface area (Å²) in [6, 6.07) is 12.4. The third-order valence-corrected chi connectivity index (χ3v) is 4.17. The number of ether oxygens (including phenoxy) is 1. The Bertz CT molecular complexity index is 664. The number of carbonyl (C=O) groups is 1. The van der Waals surface area contributed by atoms with Crippen LogP contribution < -0.4 is 10.1 Å². The van der Waals surface area contributed by atoms with Gasteiger partial charge in [-0.15, -0.1) is 0 Å².